The summed E-state index contributed by atoms with van der Waals surface area (Å²) < 4.78 is 6.13. The number of rotatable bonds is 7. The van der Waals surface area contributed by atoms with E-state index in [2.05, 4.69) is 71.1 Å². The van der Waals surface area contributed by atoms with Gasteiger partial charge in [-0.3, -0.25) is 0 Å². The summed E-state index contributed by atoms with van der Waals surface area (Å²) in [6.07, 6.45) is 1.24. The van der Waals surface area contributed by atoms with E-state index in [9.17, 15) is 0 Å². The highest BCUT2D eigenvalue weighted by molar-refractivity contribution is 5.24. The summed E-state index contributed by atoms with van der Waals surface area (Å²) in [5.74, 6) is 0.684. The molecule has 1 aromatic rings. The highest BCUT2D eigenvalue weighted by Crippen LogP contribution is 2.20. The Morgan fingerprint density at radius 3 is 2.45 bits per heavy atom. The number of hydrogen-bond donors (Lipinski definition) is 1. The maximum atomic E-state index is 6.13. The normalized spacial score (nSPS) is 13.8. The van der Waals surface area contributed by atoms with E-state index in [1.54, 1.807) is 0 Å². The molecule has 0 aliphatic rings. The maximum Gasteiger partial charge on any atom is 0.0949 e. The highest BCUT2D eigenvalue weighted by Gasteiger charge is 2.16. The van der Waals surface area contributed by atoms with Crippen LogP contribution in [0.4, 0.5) is 0 Å². The number of nitrogens with one attached hydrogen (secondary N) is 1. The summed E-state index contributed by atoms with van der Waals surface area (Å²) in [6, 6.07) is 8.63. The van der Waals surface area contributed by atoms with E-state index in [1.807, 2.05) is 0 Å². The molecule has 114 valence electrons. The smallest absolute Gasteiger partial charge is 0.0949 e. The van der Waals surface area contributed by atoms with Crippen LogP contribution in [0.2, 0.25) is 0 Å². The van der Waals surface area contributed by atoms with Crippen molar-refractivity contribution in [3.63, 3.8) is 0 Å². The Labute approximate surface area is 124 Å². The summed E-state index contributed by atoms with van der Waals surface area (Å²) in [5.41, 5.74) is 2.67. The molecule has 0 aromatic heterocycles. The second-order valence-corrected chi connectivity index (χ2v) is 7.09. The zero-order valence-electron chi connectivity index (χ0n) is 14.0. The molecule has 0 heterocycles. The zero-order valence-corrected chi connectivity index (χ0v) is 14.0. The molecule has 0 aliphatic heterocycles. The van der Waals surface area contributed by atoms with Crippen LogP contribution in [-0.4, -0.2) is 18.7 Å². The molecule has 0 saturated heterocycles. The molecule has 0 spiro atoms. The Hall–Kier alpha value is -0.860. The molecular weight excluding hydrogens is 246 g/mol. The Kier molecular flexibility index (Phi) is 6.70. The third-order valence-electron chi connectivity index (χ3n) is 3.25. The first-order valence-corrected chi connectivity index (χ1v) is 7.71. The fourth-order valence-electron chi connectivity index (χ4n) is 1.99. The molecule has 1 N–H and O–H groups in total. The standard InChI is InChI=1S/C18H31NO/c1-14(2)10-11-20-17(13-19-18(4,5)6)16-9-7-8-15(3)12-16/h7-9,12,14,17,19H,10-11,13H2,1-6H3. The van der Waals surface area contributed by atoms with Crippen LogP contribution >= 0.6 is 0 Å². The van der Waals surface area contributed by atoms with Gasteiger partial charge in [-0.15, -0.1) is 0 Å². The van der Waals surface area contributed by atoms with E-state index < -0.39 is 0 Å². The van der Waals surface area contributed by atoms with E-state index in [0.717, 1.165) is 19.6 Å². The van der Waals surface area contributed by atoms with E-state index in [-0.39, 0.29) is 11.6 Å². The SMILES string of the molecule is Cc1cccc(C(CNC(C)(C)C)OCCC(C)C)c1. The minimum atomic E-state index is 0.115. The van der Waals surface area contributed by atoms with E-state index in [1.165, 1.54) is 11.1 Å². The Balaban J connectivity index is 2.68. The van der Waals surface area contributed by atoms with Crippen LogP contribution < -0.4 is 5.32 Å². The first-order chi connectivity index (χ1) is 9.28. The van der Waals surface area contributed by atoms with Gasteiger partial charge in [-0.25, -0.2) is 0 Å². The zero-order chi connectivity index (χ0) is 15.2. The van der Waals surface area contributed by atoms with Crippen molar-refractivity contribution in [2.24, 2.45) is 5.92 Å². The Morgan fingerprint density at radius 1 is 1.20 bits per heavy atom. The third-order valence-corrected chi connectivity index (χ3v) is 3.25. The molecule has 2 heteroatoms. The third kappa shape index (κ3) is 7.06. The number of hydrogen-bond acceptors (Lipinski definition) is 2. The lowest BCUT2D eigenvalue weighted by Gasteiger charge is -2.26. The second kappa shape index (κ2) is 7.80. The second-order valence-electron chi connectivity index (χ2n) is 7.09. The van der Waals surface area contributed by atoms with Crippen LogP contribution in [0.3, 0.4) is 0 Å². The predicted octanol–water partition coefficient (Wildman–Crippen LogP) is 4.49. The average molecular weight is 277 g/mol. The molecule has 1 atom stereocenters. The highest BCUT2D eigenvalue weighted by atomic mass is 16.5. The largest absolute Gasteiger partial charge is 0.372 e. The van der Waals surface area contributed by atoms with Crippen molar-refractivity contribution in [2.75, 3.05) is 13.2 Å². The Morgan fingerprint density at radius 2 is 1.90 bits per heavy atom. The van der Waals surface area contributed by atoms with Gasteiger partial charge in [-0.05, 0) is 45.6 Å². The summed E-state index contributed by atoms with van der Waals surface area (Å²) in [7, 11) is 0. The number of benzene rings is 1. The number of aryl methyl sites for hydroxylation is 1. The minimum Gasteiger partial charge on any atom is -0.372 e. The van der Waals surface area contributed by atoms with Gasteiger partial charge in [0.25, 0.3) is 0 Å². The van der Waals surface area contributed by atoms with Gasteiger partial charge in [0.1, 0.15) is 0 Å². The molecule has 2 nitrogen and oxygen atoms in total. The van der Waals surface area contributed by atoms with Crippen LogP contribution in [0, 0.1) is 12.8 Å². The summed E-state index contributed by atoms with van der Waals surface area (Å²) >= 11 is 0. The van der Waals surface area contributed by atoms with Crippen molar-refractivity contribution in [1.29, 1.82) is 0 Å². The summed E-state index contributed by atoms with van der Waals surface area (Å²) in [5, 5.41) is 3.55. The molecule has 0 aliphatic carbocycles. The van der Waals surface area contributed by atoms with Gasteiger partial charge in [0.05, 0.1) is 6.10 Å². The van der Waals surface area contributed by atoms with Crippen molar-refractivity contribution in [2.45, 2.75) is 59.6 Å². The summed E-state index contributed by atoms with van der Waals surface area (Å²) in [6.45, 7) is 14.8. The predicted molar refractivity (Wildman–Crippen MR) is 87.1 cm³/mol. The fraction of sp³-hybridized carbons (Fsp3) is 0.667. The first kappa shape index (κ1) is 17.2. The quantitative estimate of drug-likeness (QED) is 0.793. The van der Waals surface area contributed by atoms with Gasteiger partial charge >= 0.3 is 0 Å². The minimum absolute atomic E-state index is 0.115. The molecule has 0 fully saturated rings. The van der Waals surface area contributed by atoms with Crippen molar-refractivity contribution in [3.8, 4) is 0 Å². The Bertz CT molecular complexity index is 393. The monoisotopic (exact) mass is 277 g/mol. The van der Waals surface area contributed by atoms with Crippen LogP contribution in [-0.2, 0) is 4.74 Å². The van der Waals surface area contributed by atoms with E-state index >= 15 is 0 Å². The first-order valence-electron chi connectivity index (χ1n) is 7.71. The van der Waals surface area contributed by atoms with E-state index in [4.69, 9.17) is 4.74 Å². The number of ether oxygens (including phenoxy) is 1. The lowest BCUT2D eigenvalue weighted by Crippen LogP contribution is -2.39. The van der Waals surface area contributed by atoms with Crippen molar-refractivity contribution in [1.82, 2.24) is 5.32 Å². The molecule has 1 rings (SSSR count). The van der Waals surface area contributed by atoms with Crippen LogP contribution in [0.15, 0.2) is 24.3 Å². The molecule has 1 aromatic carbocycles. The van der Waals surface area contributed by atoms with Crippen molar-refractivity contribution < 1.29 is 4.74 Å². The molecule has 0 amide bonds. The van der Waals surface area contributed by atoms with Gasteiger partial charge in [0, 0.05) is 18.7 Å². The summed E-state index contributed by atoms with van der Waals surface area (Å²) in [4.78, 5) is 0. The average Bonchev–Trinajstić information content (AvgIpc) is 2.31. The molecular formula is C18H31NO. The lowest BCUT2D eigenvalue weighted by molar-refractivity contribution is 0.0417. The molecule has 1 unspecified atom stereocenters. The molecule has 0 radical (unpaired) electrons. The van der Waals surface area contributed by atoms with Crippen LogP contribution in [0.5, 0.6) is 0 Å². The van der Waals surface area contributed by atoms with Crippen molar-refractivity contribution in [3.05, 3.63) is 35.4 Å². The van der Waals surface area contributed by atoms with E-state index in [0.29, 0.717) is 5.92 Å². The van der Waals surface area contributed by atoms with Gasteiger partial charge in [0.15, 0.2) is 0 Å². The lowest BCUT2D eigenvalue weighted by atomic mass is 10.0. The molecule has 20 heavy (non-hydrogen) atoms. The molecule has 0 bridgehead atoms. The topological polar surface area (TPSA) is 21.3 Å². The van der Waals surface area contributed by atoms with Gasteiger partial charge in [0.2, 0.25) is 0 Å². The van der Waals surface area contributed by atoms with Crippen LogP contribution in [0.25, 0.3) is 0 Å². The van der Waals surface area contributed by atoms with Gasteiger partial charge in [-0.1, -0.05) is 43.7 Å². The van der Waals surface area contributed by atoms with Crippen molar-refractivity contribution >= 4 is 0 Å². The van der Waals surface area contributed by atoms with Gasteiger partial charge < -0.3 is 10.1 Å². The van der Waals surface area contributed by atoms with Gasteiger partial charge in [-0.2, -0.15) is 0 Å². The molecule has 0 saturated carbocycles. The fourth-order valence-corrected chi connectivity index (χ4v) is 1.99. The van der Waals surface area contributed by atoms with Crippen LogP contribution in [0.1, 0.15) is 58.3 Å². The maximum absolute atomic E-state index is 6.13.